The van der Waals surface area contributed by atoms with Crippen molar-refractivity contribution in [3.63, 3.8) is 0 Å². The lowest BCUT2D eigenvalue weighted by molar-refractivity contribution is 0.261. The Hall–Kier alpha value is -3.95. The first-order valence-electron chi connectivity index (χ1n) is 12.7. The molecule has 0 unspecified atom stereocenters. The van der Waals surface area contributed by atoms with Crippen LogP contribution in [-0.2, 0) is 0 Å². The lowest BCUT2D eigenvalue weighted by Crippen LogP contribution is -2.44. The number of hydrogen-bond donors (Lipinski definition) is 2. The van der Waals surface area contributed by atoms with Crippen molar-refractivity contribution < 1.29 is 4.74 Å². The van der Waals surface area contributed by atoms with Crippen LogP contribution in [0.2, 0.25) is 0 Å². The van der Waals surface area contributed by atoms with Crippen LogP contribution in [0.3, 0.4) is 0 Å². The molecule has 5 aromatic rings. The molecule has 1 aliphatic rings. The van der Waals surface area contributed by atoms with Gasteiger partial charge < -0.3 is 24.4 Å². The third-order valence-electron chi connectivity index (χ3n) is 7.04. The summed E-state index contributed by atoms with van der Waals surface area (Å²) in [7, 11) is 6.24. The fourth-order valence-electron chi connectivity index (χ4n) is 4.86. The summed E-state index contributed by atoms with van der Waals surface area (Å²) in [6, 6.07) is 10.6. The molecule has 1 aliphatic heterocycles. The molecule has 0 amide bonds. The second kappa shape index (κ2) is 9.84. The van der Waals surface area contributed by atoms with E-state index in [0.29, 0.717) is 6.61 Å². The van der Waals surface area contributed by atoms with E-state index in [2.05, 4.69) is 71.2 Å². The monoisotopic (exact) mass is 496 g/mol. The van der Waals surface area contributed by atoms with Crippen LogP contribution < -0.4 is 9.64 Å². The van der Waals surface area contributed by atoms with Gasteiger partial charge in [-0.25, -0.2) is 0 Å². The number of aromatic amines is 2. The topological polar surface area (TPSA) is 89.2 Å². The Bertz CT molecular complexity index is 1530. The summed E-state index contributed by atoms with van der Waals surface area (Å²) in [5.41, 5.74) is 7.12. The van der Waals surface area contributed by atoms with Crippen LogP contribution in [0.4, 0.5) is 5.69 Å². The van der Waals surface area contributed by atoms with Crippen LogP contribution in [0.1, 0.15) is 0 Å². The minimum Gasteiger partial charge on any atom is -0.491 e. The number of rotatable bonds is 7. The highest BCUT2D eigenvalue weighted by Crippen LogP contribution is 2.35. The maximum absolute atomic E-state index is 5.91. The molecular formula is C28H32N8O. The summed E-state index contributed by atoms with van der Waals surface area (Å²) in [6.07, 6.45) is 7.51. The van der Waals surface area contributed by atoms with Gasteiger partial charge in [0.25, 0.3) is 0 Å². The van der Waals surface area contributed by atoms with E-state index >= 15 is 0 Å². The number of aromatic nitrogens is 5. The van der Waals surface area contributed by atoms with Crippen molar-refractivity contribution in [3.05, 3.63) is 55.1 Å². The highest BCUT2D eigenvalue weighted by molar-refractivity contribution is 6.00. The maximum atomic E-state index is 5.91. The predicted molar refractivity (Wildman–Crippen MR) is 148 cm³/mol. The van der Waals surface area contributed by atoms with Gasteiger partial charge in [-0.3, -0.25) is 15.1 Å². The normalized spacial score (nSPS) is 14.8. The minimum absolute atomic E-state index is 0.619. The number of anilines is 1. The van der Waals surface area contributed by atoms with Gasteiger partial charge in [-0.15, -0.1) is 0 Å². The van der Waals surface area contributed by atoms with E-state index in [1.165, 1.54) is 11.1 Å². The standard InChI is InChI=1S/C28H32N8O/c1-34(2)10-11-37-21-12-20(15-29-16-21)19-4-5-24-23(13-19)28(33-32-24)25-14-22-26(31-25)17-30-18-27(22)36-8-6-35(3)7-9-36/h4-5,12-18,31H,6-11H2,1-3H3,(H,32,33). The van der Waals surface area contributed by atoms with Crippen LogP contribution in [0.25, 0.3) is 44.3 Å². The lowest BCUT2D eigenvalue weighted by Gasteiger charge is -2.34. The molecule has 0 atom stereocenters. The van der Waals surface area contributed by atoms with Gasteiger partial charge in [0, 0.05) is 55.3 Å². The van der Waals surface area contributed by atoms with Crippen LogP contribution in [0.5, 0.6) is 5.75 Å². The van der Waals surface area contributed by atoms with Crippen molar-refractivity contribution in [1.82, 2.24) is 34.9 Å². The third-order valence-corrected chi connectivity index (χ3v) is 7.04. The van der Waals surface area contributed by atoms with Crippen molar-refractivity contribution in [2.24, 2.45) is 0 Å². The smallest absolute Gasteiger partial charge is 0.138 e. The van der Waals surface area contributed by atoms with E-state index in [-0.39, 0.29) is 0 Å². The molecule has 0 spiro atoms. The zero-order valence-electron chi connectivity index (χ0n) is 21.5. The van der Waals surface area contributed by atoms with Gasteiger partial charge >= 0.3 is 0 Å². The quantitative estimate of drug-likeness (QED) is 0.354. The van der Waals surface area contributed by atoms with Gasteiger partial charge in [0.1, 0.15) is 18.1 Å². The maximum Gasteiger partial charge on any atom is 0.138 e. The molecule has 37 heavy (non-hydrogen) atoms. The van der Waals surface area contributed by atoms with E-state index in [1.807, 2.05) is 38.8 Å². The van der Waals surface area contributed by atoms with Crippen molar-refractivity contribution in [3.8, 4) is 28.3 Å². The van der Waals surface area contributed by atoms with Gasteiger partial charge in [-0.1, -0.05) is 6.07 Å². The van der Waals surface area contributed by atoms with E-state index < -0.39 is 0 Å². The Morgan fingerprint density at radius 2 is 1.73 bits per heavy atom. The molecule has 0 radical (unpaired) electrons. The second-order valence-electron chi connectivity index (χ2n) is 9.99. The van der Waals surface area contributed by atoms with Crippen LogP contribution in [-0.4, -0.2) is 95.4 Å². The van der Waals surface area contributed by atoms with Crippen molar-refractivity contribution in [2.75, 3.05) is 65.4 Å². The molecule has 190 valence electrons. The fraction of sp³-hybridized carbons (Fsp3) is 0.321. The molecule has 4 aromatic heterocycles. The van der Waals surface area contributed by atoms with E-state index in [4.69, 9.17) is 4.74 Å². The van der Waals surface area contributed by atoms with Gasteiger partial charge in [-0.05, 0) is 51.0 Å². The van der Waals surface area contributed by atoms with Crippen molar-refractivity contribution >= 4 is 27.5 Å². The Labute approximate surface area is 216 Å². The lowest BCUT2D eigenvalue weighted by atomic mass is 10.0. The Morgan fingerprint density at radius 1 is 0.892 bits per heavy atom. The molecule has 2 N–H and O–H groups in total. The Balaban J connectivity index is 1.33. The zero-order chi connectivity index (χ0) is 25.4. The summed E-state index contributed by atoms with van der Waals surface area (Å²) in [4.78, 5) is 19.4. The average Bonchev–Trinajstić information content (AvgIpc) is 3.53. The number of fused-ring (bicyclic) bond motifs is 2. The molecule has 1 fully saturated rings. The molecule has 0 aliphatic carbocycles. The number of nitrogens with zero attached hydrogens (tertiary/aromatic N) is 6. The molecule has 5 heterocycles. The largest absolute Gasteiger partial charge is 0.491 e. The third kappa shape index (κ3) is 4.75. The molecule has 1 aromatic carbocycles. The van der Waals surface area contributed by atoms with Crippen molar-refractivity contribution in [2.45, 2.75) is 0 Å². The molecule has 9 nitrogen and oxygen atoms in total. The van der Waals surface area contributed by atoms with Crippen LogP contribution in [0.15, 0.2) is 55.1 Å². The number of H-pyrrole nitrogens is 2. The van der Waals surface area contributed by atoms with E-state index in [0.717, 1.165) is 77.4 Å². The number of likely N-dealkylation sites (N-methyl/N-ethyl adjacent to an activating group) is 2. The van der Waals surface area contributed by atoms with Gasteiger partial charge in [0.05, 0.1) is 41.0 Å². The molecule has 0 saturated carbocycles. The van der Waals surface area contributed by atoms with Gasteiger partial charge in [0.2, 0.25) is 0 Å². The first-order chi connectivity index (χ1) is 18.0. The van der Waals surface area contributed by atoms with Crippen LogP contribution in [0, 0.1) is 0 Å². The molecule has 9 heteroatoms. The number of nitrogens with one attached hydrogen (secondary N) is 2. The fourth-order valence-corrected chi connectivity index (χ4v) is 4.86. The van der Waals surface area contributed by atoms with Crippen molar-refractivity contribution in [1.29, 1.82) is 0 Å². The van der Waals surface area contributed by atoms with E-state index in [9.17, 15) is 0 Å². The highest BCUT2D eigenvalue weighted by atomic mass is 16.5. The summed E-state index contributed by atoms with van der Waals surface area (Å²) in [5, 5.41) is 10.1. The molecule has 0 bridgehead atoms. The van der Waals surface area contributed by atoms with Gasteiger partial charge in [-0.2, -0.15) is 5.10 Å². The summed E-state index contributed by atoms with van der Waals surface area (Å²) >= 11 is 0. The zero-order valence-corrected chi connectivity index (χ0v) is 21.5. The van der Waals surface area contributed by atoms with Crippen LogP contribution >= 0.6 is 0 Å². The molecule has 1 saturated heterocycles. The first kappa shape index (κ1) is 23.4. The Morgan fingerprint density at radius 3 is 2.57 bits per heavy atom. The van der Waals surface area contributed by atoms with E-state index in [1.54, 1.807) is 6.20 Å². The SMILES string of the molecule is CN(C)CCOc1cncc(-c2ccc3[nH]nc(-c4cc5c(N6CCN(C)CC6)cncc5[nH]4)c3c2)c1. The number of hydrogen-bond acceptors (Lipinski definition) is 7. The van der Waals surface area contributed by atoms with Gasteiger partial charge in [0.15, 0.2) is 0 Å². The number of pyridine rings is 2. The second-order valence-corrected chi connectivity index (χ2v) is 9.99. The first-order valence-corrected chi connectivity index (χ1v) is 12.7. The predicted octanol–water partition coefficient (Wildman–Crippen LogP) is 3.86. The number of piperazine rings is 1. The summed E-state index contributed by atoms with van der Waals surface area (Å²) < 4.78 is 5.91. The number of benzene rings is 1. The Kier molecular flexibility index (Phi) is 6.23. The minimum atomic E-state index is 0.619. The summed E-state index contributed by atoms with van der Waals surface area (Å²) in [6.45, 7) is 5.57. The molecule has 6 rings (SSSR count). The molecular weight excluding hydrogens is 464 g/mol. The highest BCUT2D eigenvalue weighted by Gasteiger charge is 2.19. The summed E-state index contributed by atoms with van der Waals surface area (Å²) in [5.74, 6) is 0.770. The average molecular weight is 497 g/mol. The number of ether oxygens (including phenoxy) is 1.